The first-order chi connectivity index (χ1) is 9.95. The van der Waals surface area contributed by atoms with Gasteiger partial charge in [-0.25, -0.2) is 8.42 Å². The van der Waals surface area contributed by atoms with E-state index < -0.39 is 10.0 Å². The molecule has 2 aromatic rings. The van der Waals surface area contributed by atoms with Gasteiger partial charge in [0.25, 0.3) is 10.0 Å². The molecule has 0 saturated heterocycles. The number of anilines is 2. The molecule has 2 N–H and O–H groups in total. The Morgan fingerprint density at radius 2 is 1.86 bits per heavy atom. The third-order valence-electron chi connectivity index (χ3n) is 2.97. The fraction of sp³-hybridized carbons (Fsp3) is 0.200. The lowest BCUT2D eigenvalue weighted by atomic mass is 10.3. The van der Waals surface area contributed by atoms with Gasteiger partial charge in [0, 0.05) is 17.3 Å². The van der Waals surface area contributed by atoms with Gasteiger partial charge in [0.2, 0.25) is 0 Å². The second-order valence-electron chi connectivity index (χ2n) is 4.63. The van der Waals surface area contributed by atoms with Crippen molar-refractivity contribution < 1.29 is 8.42 Å². The minimum Gasteiger partial charge on any atom is -0.399 e. The first-order valence-corrected chi connectivity index (χ1v) is 8.41. The first kappa shape index (κ1) is 15.7. The zero-order valence-electron chi connectivity index (χ0n) is 11.7. The van der Waals surface area contributed by atoms with Crippen LogP contribution < -0.4 is 10.0 Å². The third-order valence-corrected chi connectivity index (χ3v) is 5.03. The van der Waals surface area contributed by atoms with Gasteiger partial charge in [-0.05, 0) is 42.8 Å². The van der Waals surface area contributed by atoms with Crippen molar-refractivity contribution in [2.75, 3.05) is 16.6 Å². The molecule has 0 aliphatic rings. The van der Waals surface area contributed by atoms with E-state index in [0.717, 1.165) is 0 Å². The maximum absolute atomic E-state index is 12.8. The average Bonchev–Trinajstić information content (AvgIpc) is 2.44. The summed E-state index contributed by atoms with van der Waals surface area (Å²) in [5.41, 5.74) is 6.83. The van der Waals surface area contributed by atoms with E-state index in [1.165, 1.54) is 16.4 Å². The van der Waals surface area contributed by atoms with E-state index in [9.17, 15) is 8.42 Å². The summed E-state index contributed by atoms with van der Waals surface area (Å²) in [6.45, 7) is 2.30. The molecule has 0 fully saturated rings. The number of hydrogen-bond acceptors (Lipinski definition) is 3. The molecule has 0 atom stereocenters. The highest BCUT2D eigenvalue weighted by atomic mass is 35.5. The Morgan fingerprint density at radius 3 is 2.48 bits per heavy atom. The number of nitrogens with two attached hydrogens (primary N) is 1. The van der Waals surface area contributed by atoms with Crippen LogP contribution in [-0.4, -0.2) is 15.0 Å². The van der Waals surface area contributed by atoms with Crippen LogP contribution in [0.25, 0.3) is 0 Å². The number of halogens is 1. The topological polar surface area (TPSA) is 63.4 Å². The summed E-state index contributed by atoms with van der Waals surface area (Å²) in [7, 11) is -3.66. The quantitative estimate of drug-likeness (QED) is 0.856. The number of rotatable bonds is 5. The molecule has 6 heteroatoms. The molecular weight excluding hydrogens is 308 g/mol. The van der Waals surface area contributed by atoms with Crippen LogP contribution in [0.4, 0.5) is 11.4 Å². The second-order valence-corrected chi connectivity index (χ2v) is 6.93. The highest BCUT2D eigenvalue weighted by Gasteiger charge is 2.24. The molecule has 0 bridgehead atoms. The number of nitrogens with zero attached hydrogens (tertiary/aromatic N) is 1. The van der Waals surface area contributed by atoms with E-state index in [0.29, 0.717) is 29.4 Å². The lowest BCUT2D eigenvalue weighted by Crippen LogP contribution is -2.31. The molecule has 112 valence electrons. The van der Waals surface area contributed by atoms with Gasteiger partial charge in [0.05, 0.1) is 10.6 Å². The zero-order valence-corrected chi connectivity index (χ0v) is 13.2. The largest absolute Gasteiger partial charge is 0.399 e. The summed E-state index contributed by atoms with van der Waals surface area (Å²) in [4.78, 5) is 0.172. The lowest BCUT2D eigenvalue weighted by molar-refractivity contribution is 0.590. The molecule has 0 amide bonds. The molecule has 2 aromatic carbocycles. The van der Waals surface area contributed by atoms with Crippen molar-refractivity contribution in [3.63, 3.8) is 0 Å². The van der Waals surface area contributed by atoms with Crippen molar-refractivity contribution in [2.24, 2.45) is 0 Å². The van der Waals surface area contributed by atoms with Crippen molar-refractivity contribution >= 4 is 33.0 Å². The molecule has 0 saturated carbocycles. The number of nitrogen functional groups attached to an aromatic ring is 1. The van der Waals surface area contributed by atoms with Crippen LogP contribution in [0.1, 0.15) is 13.3 Å². The fourth-order valence-electron chi connectivity index (χ4n) is 2.03. The van der Waals surface area contributed by atoms with Crippen molar-refractivity contribution in [3.8, 4) is 0 Å². The van der Waals surface area contributed by atoms with Gasteiger partial charge >= 0.3 is 0 Å². The fourth-order valence-corrected chi connectivity index (χ4v) is 3.88. The van der Waals surface area contributed by atoms with E-state index in [4.69, 9.17) is 17.3 Å². The maximum atomic E-state index is 12.8. The molecule has 0 unspecified atom stereocenters. The molecule has 21 heavy (non-hydrogen) atoms. The lowest BCUT2D eigenvalue weighted by Gasteiger charge is -2.24. The summed E-state index contributed by atoms with van der Waals surface area (Å²) in [5, 5.41) is 0.389. The molecule has 0 aliphatic heterocycles. The van der Waals surface area contributed by atoms with Crippen LogP contribution in [-0.2, 0) is 10.0 Å². The zero-order chi connectivity index (χ0) is 15.5. The van der Waals surface area contributed by atoms with Crippen molar-refractivity contribution in [1.29, 1.82) is 0 Å². The minimum atomic E-state index is -3.66. The summed E-state index contributed by atoms with van der Waals surface area (Å²) < 4.78 is 27.0. The SMILES string of the molecule is CCCN(c1cccc(N)c1)S(=O)(=O)c1cccc(Cl)c1. The summed E-state index contributed by atoms with van der Waals surface area (Å²) in [5.74, 6) is 0. The van der Waals surface area contributed by atoms with Crippen molar-refractivity contribution in [2.45, 2.75) is 18.2 Å². The molecule has 0 aromatic heterocycles. The highest BCUT2D eigenvalue weighted by molar-refractivity contribution is 7.92. The minimum absolute atomic E-state index is 0.172. The Morgan fingerprint density at radius 1 is 1.14 bits per heavy atom. The highest BCUT2D eigenvalue weighted by Crippen LogP contribution is 2.26. The Bertz CT molecular complexity index is 732. The molecule has 2 rings (SSSR count). The Kier molecular flexibility index (Phi) is 4.75. The Labute approximate surface area is 130 Å². The van der Waals surface area contributed by atoms with Crippen LogP contribution >= 0.6 is 11.6 Å². The van der Waals surface area contributed by atoms with Gasteiger partial charge in [-0.2, -0.15) is 0 Å². The molecular formula is C15H17ClN2O2S. The molecule has 0 heterocycles. The van der Waals surface area contributed by atoms with Gasteiger partial charge < -0.3 is 5.73 Å². The number of sulfonamides is 1. The van der Waals surface area contributed by atoms with Crippen molar-refractivity contribution in [1.82, 2.24) is 0 Å². The standard InChI is InChI=1S/C15H17ClN2O2S/c1-2-9-18(14-7-4-6-13(17)11-14)21(19,20)15-8-3-5-12(16)10-15/h3-8,10-11H,2,9,17H2,1H3. The molecule has 0 spiro atoms. The normalized spacial score (nSPS) is 11.3. The molecule has 4 nitrogen and oxygen atoms in total. The number of hydrogen-bond donors (Lipinski definition) is 1. The monoisotopic (exact) mass is 324 g/mol. The second kappa shape index (κ2) is 6.37. The van der Waals surface area contributed by atoms with Gasteiger partial charge in [0.1, 0.15) is 0 Å². The molecule has 0 radical (unpaired) electrons. The van der Waals surface area contributed by atoms with Crippen LogP contribution in [0.5, 0.6) is 0 Å². The van der Waals surface area contributed by atoms with E-state index in [1.54, 1.807) is 36.4 Å². The molecule has 0 aliphatic carbocycles. The van der Waals surface area contributed by atoms with Gasteiger partial charge in [0.15, 0.2) is 0 Å². The summed E-state index contributed by atoms with van der Waals surface area (Å²) in [6.07, 6.45) is 0.689. The predicted octanol–water partition coefficient (Wildman–Crippen LogP) is 3.53. The van der Waals surface area contributed by atoms with E-state index in [1.807, 2.05) is 6.92 Å². The van der Waals surface area contributed by atoms with E-state index in [-0.39, 0.29) is 4.90 Å². The first-order valence-electron chi connectivity index (χ1n) is 6.59. The van der Waals surface area contributed by atoms with Gasteiger partial charge in [-0.1, -0.05) is 30.7 Å². The van der Waals surface area contributed by atoms with Crippen LogP contribution in [0.3, 0.4) is 0 Å². The van der Waals surface area contributed by atoms with E-state index >= 15 is 0 Å². The van der Waals surface area contributed by atoms with Gasteiger partial charge in [-0.3, -0.25) is 4.31 Å². The number of benzene rings is 2. The predicted molar refractivity (Wildman–Crippen MR) is 87.1 cm³/mol. The third kappa shape index (κ3) is 3.49. The Hall–Kier alpha value is -1.72. The van der Waals surface area contributed by atoms with E-state index in [2.05, 4.69) is 0 Å². The maximum Gasteiger partial charge on any atom is 0.264 e. The van der Waals surface area contributed by atoms with Crippen LogP contribution in [0.15, 0.2) is 53.4 Å². The Balaban J connectivity index is 2.51. The smallest absolute Gasteiger partial charge is 0.264 e. The van der Waals surface area contributed by atoms with Crippen LogP contribution in [0.2, 0.25) is 5.02 Å². The summed E-state index contributed by atoms with van der Waals surface area (Å²) >= 11 is 5.90. The van der Waals surface area contributed by atoms with Gasteiger partial charge in [-0.15, -0.1) is 0 Å². The van der Waals surface area contributed by atoms with Crippen LogP contribution in [0, 0.1) is 0 Å². The van der Waals surface area contributed by atoms with Crippen molar-refractivity contribution in [3.05, 3.63) is 53.6 Å². The average molecular weight is 325 g/mol. The summed E-state index contributed by atoms with van der Waals surface area (Å²) in [6, 6.07) is 13.1.